The quantitative estimate of drug-likeness (QED) is 0.682. The van der Waals surface area contributed by atoms with Crippen molar-refractivity contribution in [3.05, 3.63) is 51.0 Å². The lowest BCUT2D eigenvalue weighted by molar-refractivity contribution is 0.287. The van der Waals surface area contributed by atoms with Crippen molar-refractivity contribution in [3.8, 4) is 5.75 Å². The van der Waals surface area contributed by atoms with E-state index in [0.717, 1.165) is 29.4 Å². The van der Waals surface area contributed by atoms with E-state index in [1.54, 1.807) is 6.92 Å². The third kappa shape index (κ3) is 2.58. The van der Waals surface area contributed by atoms with Crippen LogP contribution in [0.4, 0.5) is 0 Å². The molecule has 0 spiro atoms. The van der Waals surface area contributed by atoms with Crippen LogP contribution in [-0.2, 0) is 6.61 Å². The molecule has 0 unspecified atom stereocenters. The Labute approximate surface area is 138 Å². The van der Waals surface area contributed by atoms with E-state index in [1.807, 2.05) is 26.0 Å². The fourth-order valence-corrected chi connectivity index (χ4v) is 2.77. The summed E-state index contributed by atoms with van der Waals surface area (Å²) in [5.74, 6) is 2.30. The molecule has 0 aliphatic heterocycles. The molecule has 6 heteroatoms. The van der Waals surface area contributed by atoms with E-state index in [2.05, 4.69) is 10.1 Å². The van der Waals surface area contributed by atoms with E-state index in [-0.39, 0.29) is 12.2 Å². The summed E-state index contributed by atoms with van der Waals surface area (Å²) in [4.78, 5) is 16.3. The number of rotatable bonds is 4. The molecule has 1 saturated carbocycles. The Morgan fingerprint density at radius 2 is 2.00 bits per heavy atom. The molecule has 0 amide bonds. The summed E-state index contributed by atoms with van der Waals surface area (Å²) in [5, 5.41) is 4.77. The van der Waals surface area contributed by atoms with E-state index in [4.69, 9.17) is 13.7 Å². The van der Waals surface area contributed by atoms with E-state index in [9.17, 15) is 4.79 Å². The van der Waals surface area contributed by atoms with E-state index >= 15 is 0 Å². The van der Waals surface area contributed by atoms with Gasteiger partial charge in [-0.2, -0.15) is 4.98 Å². The highest BCUT2D eigenvalue weighted by Gasteiger charge is 2.29. The van der Waals surface area contributed by atoms with Crippen LogP contribution in [-0.4, -0.2) is 10.1 Å². The van der Waals surface area contributed by atoms with Gasteiger partial charge in [0.05, 0.1) is 5.39 Å². The molecule has 3 aromatic rings. The molecule has 1 fully saturated rings. The molecule has 1 aromatic carbocycles. The highest BCUT2D eigenvalue weighted by atomic mass is 16.5. The summed E-state index contributed by atoms with van der Waals surface area (Å²) in [5.41, 5.74) is 2.62. The SMILES string of the molecule is Cc1cc(OCc2noc(C3CC3)n2)c2c(C)c(C)c(=O)oc2c1. The lowest BCUT2D eigenvalue weighted by Gasteiger charge is -2.11. The minimum Gasteiger partial charge on any atom is -0.485 e. The largest absolute Gasteiger partial charge is 0.485 e. The summed E-state index contributed by atoms with van der Waals surface area (Å²) in [7, 11) is 0. The molecule has 6 nitrogen and oxygen atoms in total. The Balaban J connectivity index is 1.69. The molecular formula is C18H18N2O4. The van der Waals surface area contributed by atoms with Crippen molar-refractivity contribution < 1.29 is 13.7 Å². The van der Waals surface area contributed by atoms with Crippen molar-refractivity contribution in [2.45, 2.75) is 46.1 Å². The summed E-state index contributed by atoms with van der Waals surface area (Å²) >= 11 is 0. The van der Waals surface area contributed by atoms with Crippen molar-refractivity contribution in [3.63, 3.8) is 0 Å². The zero-order valence-electron chi connectivity index (χ0n) is 13.9. The van der Waals surface area contributed by atoms with Crippen LogP contribution in [0.2, 0.25) is 0 Å². The maximum atomic E-state index is 11.9. The molecule has 1 aliphatic rings. The van der Waals surface area contributed by atoms with Crippen molar-refractivity contribution in [1.29, 1.82) is 0 Å². The molecule has 1 aliphatic carbocycles. The van der Waals surface area contributed by atoms with Crippen LogP contribution in [0.3, 0.4) is 0 Å². The molecule has 0 radical (unpaired) electrons. The second-order valence-electron chi connectivity index (χ2n) is 6.39. The first kappa shape index (κ1) is 14.9. The van der Waals surface area contributed by atoms with Gasteiger partial charge >= 0.3 is 5.63 Å². The number of hydrogen-bond acceptors (Lipinski definition) is 6. The Bertz CT molecular complexity index is 983. The number of benzene rings is 1. The van der Waals surface area contributed by atoms with E-state index < -0.39 is 0 Å². The Hall–Kier alpha value is -2.63. The summed E-state index contributed by atoms with van der Waals surface area (Å²) in [6, 6.07) is 3.77. The maximum absolute atomic E-state index is 11.9. The molecular weight excluding hydrogens is 308 g/mol. The number of nitrogens with zero attached hydrogens (tertiary/aromatic N) is 2. The van der Waals surface area contributed by atoms with Crippen LogP contribution < -0.4 is 10.4 Å². The average molecular weight is 326 g/mol. The van der Waals surface area contributed by atoms with Crippen molar-refractivity contribution >= 4 is 11.0 Å². The van der Waals surface area contributed by atoms with Gasteiger partial charge in [0, 0.05) is 11.5 Å². The molecule has 4 rings (SSSR count). The highest BCUT2D eigenvalue weighted by molar-refractivity contribution is 5.88. The molecule has 0 atom stereocenters. The molecule has 0 bridgehead atoms. The van der Waals surface area contributed by atoms with Gasteiger partial charge in [0.2, 0.25) is 11.7 Å². The van der Waals surface area contributed by atoms with E-state index in [0.29, 0.717) is 34.5 Å². The standard InChI is InChI=1S/C18H18N2O4/c1-9-6-13(16-10(2)11(3)18(21)23-14(16)7-9)22-8-15-19-17(24-20-15)12-4-5-12/h6-7,12H,4-5,8H2,1-3H3. The average Bonchev–Trinajstić information content (AvgIpc) is 3.29. The van der Waals surface area contributed by atoms with Gasteiger partial charge in [-0.05, 0) is 56.9 Å². The minimum absolute atomic E-state index is 0.215. The Morgan fingerprint density at radius 3 is 2.75 bits per heavy atom. The minimum atomic E-state index is -0.316. The number of aryl methyl sites for hydroxylation is 2. The second kappa shape index (κ2) is 5.47. The lowest BCUT2D eigenvalue weighted by atomic mass is 10.0. The van der Waals surface area contributed by atoms with Crippen LogP contribution in [0.15, 0.2) is 25.9 Å². The zero-order valence-corrected chi connectivity index (χ0v) is 13.9. The normalized spacial score (nSPS) is 14.3. The first-order valence-electron chi connectivity index (χ1n) is 8.03. The zero-order chi connectivity index (χ0) is 16.8. The number of hydrogen-bond donors (Lipinski definition) is 0. The highest BCUT2D eigenvalue weighted by Crippen LogP contribution is 2.39. The number of aromatic nitrogens is 2. The first-order valence-corrected chi connectivity index (χ1v) is 8.03. The van der Waals surface area contributed by atoms with Crippen LogP contribution >= 0.6 is 0 Å². The fourth-order valence-electron chi connectivity index (χ4n) is 2.77. The fraction of sp³-hybridized carbons (Fsp3) is 0.389. The van der Waals surface area contributed by atoms with Gasteiger partial charge in [-0.15, -0.1) is 0 Å². The van der Waals surface area contributed by atoms with Gasteiger partial charge in [-0.3, -0.25) is 0 Å². The second-order valence-corrected chi connectivity index (χ2v) is 6.39. The topological polar surface area (TPSA) is 78.4 Å². The number of ether oxygens (including phenoxy) is 1. The predicted octanol–water partition coefficient (Wildman–Crippen LogP) is 3.56. The molecule has 0 saturated heterocycles. The molecule has 0 N–H and O–H groups in total. The summed E-state index contributed by atoms with van der Waals surface area (Å²) in [6.45, 7) is 5.80. The van der Waals surface area contributed by atoms with Gasteiger partial charge in [0.25, 0.3) is 0 Å². The molecule has 2 heterocycles. The predicted molar refractivity (Wildman–Crippen MR) is 87.3 cm³/mol. The van der Waals surface area contributed by atoms with E-state index in [1.165, 1.54) is 0 Å². The lowest BCUT2D eigenvalue weighted by Crippen LogP contribution is -2.07. The van der Waals surface area contributed by atoms with Gasteiger partial charge < -0.3 is 13.7 Å². The van der Waals surface area contributed by atoms with Crippen LogP contribution in [0.5, 0.6) is 5.75 Å². The van der Waals surface area contributed by atoms with Crippen molar-refractivity contribution in [1.82, 2.24) is 10.1 Å². The monoisotopic (exact) mass is 326 g/mol. The van der Waals surface area contributed by atoms with Gasteiger partial charge in [0.15, 0.2) is 6.61 Å². The first-order chi connectivity index (χ1) is 11.5. The maximum Gasteiger partial charge on any atom is 0.339 e. The molecule has 124 valence electrons. The molecule has 2 aromatic heterocycles. The van der Waals surface area contributed by atoms with Crippen molar-refractivity contribution in [2.24, 2.45) is 0 Å². The van der Waals surface area contributed by atoms with Crippen LogP contribution in [0.1, 0.15) is 47.2 Å². The van der Waals surface area contributed by atoms with Gasteiger partial charge in [-0.1, -0.05) is 5.16 Å². The van der Waals surface area contributed by atoms with Crippen molar-refractivity contribution in [2.75, 3.05) is 0 Å². The Kier molecular flexibility index (Phi) is 3.40. The smallest absolute Gasteiger partial charge is 0.339 e. The van der Waals surface area contributed by atoms with Crippen LogP contribution in [0, 0.1) is 20.8 Å². The number of fused-ring (bicyclic) bond motifs is 1. The van der Waals surface area contributed by atoms with Gasteiger partial charge in [0.1, 0.15) is 11.3 Å². The summed E-state index contributed by atoms with van der Waals surface area (Å²) in [6.07, 6.45) is 2.23. The molecule has 24 heavy (non-hydrogen) atoms. The third-order valence-corrected chi connectivity index (χ3v) is 4.42. The van der Waals surface area contributed by atoms with Gasteiger partial charge in [-0.25, -0.2) is 4.79 Å². The Morgan fingerprint density at radius 1 is 1.21 bits per heavy atom. The summed E-state index contributed by atoms with van der Waals surface area (Å²) < 4.78 is 16.6. The van der Waals surface area contributed by atoms with Crippen LogP contribution in [0.25, 0.3) is 11.0 Å². The third-order valence-electron chi connectivity index (χ3n) is 4.42.